The molecule has 6 nitrogen and oxygen atoms in total. The minimum Gasteiger partial charge on any atom is -0.435 e. The summed E-state index contributed by atoms with van der Waals surface area (Å²) >= 11 is 1.30. The first-order chi connectivity index (χ1) is 13.9. The maximum Gasteiger partial charge on any atom is 0.387 e. The van der Waals surface area contributed by atoms with Gasteiger partial charge in [0.05, 0.1) is 11.4 Å². The first kappa shape index (κ1) is 20.8. The second-order valence-electron chi connectivity index (χ2n) is 6.24. The van der Waals surface area contributed by atoms with E-state index in [1.165, 1.54) is 23.9 Å². The van der Waals surface area contributed by atoms with Crippen molar-refractivity contribution >= 4 is 17.7 Å². The Kier molecular flexibility index (Phi) is 6.82. The number of nitrogens with zero attached hydrogens (tertiary/aromatic N) is 3. The van der Waals surface area contributed by atoms with Crippen LogP contribution in [0.1, 0.15) is 17.0 Å². The summed E-state index contributed by atoms with van der Waals surface area (Å²) in [6.45, 7) is 1.30. The number of alkyl halides is 2. The van der Waals surface area contributed by atoms with E-state index >= 15 is 0 Å². The number of benzene rings is 2. The summed E-state index contributed by atoms with van der Waals surface area (Å²) in [6.07, 6.45) is 0. The number of nitrogens with one attached hydrogen (secondary N) is 1. The number of hydrogen-bond donors (Lipinski definition) is 1. The summed E-state index contributed by atoms with van der Waals surface area (Å²) in [5.41, 5.74) is 2.84. The molecule has 0 fully saturated rings. The number of aryl methyl sites for hydroxylation is 2. The zero-order valence-electron chi connectivity index (χ0n) is 15.9. The minimum absolute atomic E-state index is 0.0801. The van der Waals surface area contributed by atoms with Crippen LogP contribution in [0.15, 0.2) is 53.7 Å². The maximum absolute atomic E-state index is 12.2. The van der Waals surface area contributed by atoms with Crippen LogP contribution in [-0.2, 0) is 11.3 Å². The van der Waals surface area contributed by atoms with E-state index in [2.05, 4.69) is 20.3 Å². The molecule has 1 N–H and O–H groups in total. The lowest BCUT2D eigenvalue weighted by Gasteiger charge is -2.11. The molecule has 0 radical (unpaired) electrons. The van der Waals surface area contributed by atoms with Crippen LogP contribution in [0.3, 0.4) is 0 Å². The highest BCUT2D eigenvalue weighted by Crippen LogP contribution is 2.23. The molecule has 0 saturated heterocycles. The van der Waals surface area contributed by atoms with Gasteiger partial charge < -0.3 is 10.1 Å². The molecule has 0 bridgehead atoms. The van der Waals surface area contributed by atoms with Crippen molar-refractivity contribution in [2.75, 3.05) is 5.75 Å². The Hall–Kier alpha value is -2.94. The summed E-state index contributed by atoms with van der Waals surface area (Å²) in [6, 6.07) is 14.0. The molecule has 3 rings (SSSR count). The van der Waals surface area contributed by atoms with Gasteiger partial charge in [0, 0.05) is 6.54 Å². The number of hydrogen-bond acceptors (Lipinski definition) is 5. The van der Waals surface area contributed by atoms with Crippen molar-refractivity contribution in [1.82, 2.24) is 20.1 Å². The molecule has 152 valence electrons. The molecule has 9 heteroatoms. The van der Waals surface area contributed by atoms with Crippen molar-refractivity contribution in [3.63, 3.8) is 0 Å². The lowest BCUT2D eigenvalue weighted by atomic mass is 10.2. The second kappa shape index (κ2) is 9.51. The second-order valence-corrected chi connectivity index (χ2v) is 7.18. The van der Waals surface area contributed by atoms with Crippen molar-refractivity contribution < 1.29 is 18.3 Å². The van der Waals surface area contributed by atoms with E-state index in [1.807, 2.05) is 42.7 Å². The van der Waals surface area contributed by atoms with Gasteiger partial charge >= 0.3 is 6.61 Å². The Labute approximate surface area is 171 Å². The van der Waals surface area contributed by atoms with Crippen LogP contribution in [0.4, 0.5) is 8.78 Å². The van der Waals surface area contributed by atoms with E-state index in [4.69, 9.17) is 0 Å². The Morgan fingerprint density at radius 3 is 2.55 bits per heavy atom. The van der Waals surface area contributed by atoms with Crippen LogP contribution in [0, 0.1) is 13.8 Å². The highest BCUT2D eigenvalue weighted by molar-refractivity contribution is 7.99. The van der Waals surface area contributed by atoms with Crippen molar-refractivity contribution in [3.05, 3.63) is 65.5 Å². The number of halogens is 2. The summed E-state index contributed by atoms with van der Waals surface area (Å²) in [7, 11) is 0. The quantitative estimate of drug-likeness (QED) is 0.562. The molecule has 0 aliphatic rings. The number of carbonyl (C=O) groups excluding carboxylic acids is 1. The molecule has 0 spiro atoms. The molecule has 2 aromatic carbocycles. The number of ether oxygens (including phenoxy) is 1. The molecule has 1 amide bonds. The van der Waals surface area contributed by atoms with E-state index in [9.17, 15) is 13.6 Å². The smallest absolute Gasteiger partial charge is 0.387 e. The first-order valence-electron chi connectivity index (χ1n) is 8.85. The van der Waals surface area contributed by atoms with Crippen molar-refractivity contribution in [2.24, 2.45) is 0 Å². The number of carbonyl (C=O) groups is 1. The highest BCUT2D eigenvalue weighted by atomic mass is 32.2. The summed E-state index contributed by atoms with van der Waals surface area (Å²) in [5, 5.41) is 11.7. The third-order valence-electron chi connectivity index (χ3n) is 4.12. The van der Waals surface area contributed by atoms with E-state index < -0.39 is 6.61 Å². The normalized spacial score (nSPS) is 10.9. The lowest BCUT2D eigenvalue weighted by Crippen LogP contribution is -2.24. The molecular weight excluding hydrogens is 398 g/mol. The van der Waals surface area contributed by atoms with Gasteiger partial charge in [-0.2, -0.15) is 8.78 Å². The van der Waals surface area contributed by atoms with Crippen LogP contribution in [0.5, 0.6) is 5.75 Å². The van der Waals surface area contributed by atoms with Gasteiger partial charge in [-0.25, -0.2) is 0 Å². The molecule has 1 aromatic heterocycles. The molecule has 3 aromatic rings. The minimum atomic E-state index is -2.86. The van der Waals surface area contributed by atoms with Gasteiger partial charge in [-0.05, 0) is 43.2 Å². The summed E-state index contributed by atoms with van der Waals surface area (Å²) < 4.78 is 30.6. The SMILES string of the molecule is Cc1ccccc1-n1c(C)nnc1SCC(=O)NCc1ccc(OC(F)F)cc1. The molecule has 0 atom stereocenters. The van der Waals surface area contributed by atoms with Crippen LogP contribution in [-0.4, -0.2) is 33.0 Å². The fourth-order valence-corrected chi connectivity index (χ4v) is 3.52. The predicted molar refractivity (Wildman–Crippen MR) is 106 cm³/mol. The van der Waals surface area contributed by atoms with Gasteiger partial charge in [0.25, 0.3) is 0 Å². The molecule has 0 aliphatic carbocycles. The topological polar surface area (TPSA) is 69.0 Å². The van der Waals surface area contributed by atoms with Crippen molar-refractivity contribution in [3.8, 4) is 11.4 Å². The molecule has 29 heavy (non-hydrogen) atoms. The van der Waals surface area contributed by atoms with E-state index in [1.54, 1.807) is 12.1 Å². The molecule has 0 saturated carbocycles. The van der Waals surface area contributed by atoms with Gasteiger partial charge in [-0.1, -0.05) is 42.1 Å². The van der Waals surface area contributed by atoms with Crippen LogP contribution in [0.2, 0.25) is 0 Å². The zero-order chi connectivity index (χ0) is 20.8. The average molecular weight is 418 g/mol. The fraction of sp³-hybridized carbons (Fsp3) is 0.250. The third-order valence-corrected chi connectivity index (χ3v) is 5.05. The van der Waals surface area contributed by atoms with Crippen LogP contribution >= 0.6 is 11.8 Å². The number of amides is 1. The van der Waals surface area contributed by atoms with Gasteiger partial charge in [-0.15, -0.1) is 10.2 Å². The van der Waals surface area contributed by atoms with Gasteiger partial charge in [0.2, 0.25) is 5.91 Å². The highest BCUT2D eigenvalue weighted by Gasteiger charge is 2.14. The average Bonchev–Trinajstić information content (AvgIpc) is 3.06. The van der Waals surface area contributed by atoms with Crippen LogP contribution < -0.4 is 10.1 Å². The van der Waals surface area contributed by atoms with Gasteiger partial charge in [0.15, 0.2) is 5.16 Å². The molecule has 1 heterocycles. The number of para-hydroxylation sites is 1. The Morgan fingerprint density at radius 1 is 1.14 bits per heavy atom. The standard InChI is InChI=1S/C20H20F2N4O2S/c1-13-5-3-4-6-17(13)26-14(2)24-25-20(26)29-12-18(27)23-11-15-7-9-16(10-8-15)28-19(21)22/h3-10,19H,11-12H2,1-2H3,(H,23,27). The predicted octanol–water partition coefficient (Wildman–Crippen LogP) is 3.89. The Balaban J connectivity index is 1.56. The van der Waals surface area contributed by atoms with E-state index in [0.29, 0.717) is 5.16 Å². The largest absolute Gasteiger partial charge is 0.435 e. The molecule has 0 aliphatic heterocycles. The van der Waals surface area contributed by atoms with Crippen LogP contribution in [0.25, 0.3) is 5.69 Å². The number of rotatable bonds is 8. The lowest BCUT2D eigenvalue weighted by molar-refractivity contribution is -0.118. The van der Waals surface area contributed by atoms with E-state index in [-0.39, 0.29) is 24.0 Å². The monoisotopic (exact) mass is 418 g/mol. The third kappa shape index (κ3) is 5.54. The Morgan fingerprint density at radius 2 is 1.86 bits per heavy atom. The fourth-order valence-electron chi connectivity index (χ4n) is 2.70. The van der Waals surface area contributed by atoms with Gasteiger partial charge in [-0.3, -0.25) is 9.36 Å². The van der Waals surface area contributed by atoms with Crippen molar-refractivity contribution in [1.29, 1.82) is 0 Å². The zero-order valence-corrected chi connectivity index (χ0v) is 16.7. The van der Waals surface area contributed by atoms with E-state index in [0.717, 1.165) is 22.6 Å². The number of thioether (sulfide) groups is 1. The summed E-state index contributed by atoms with van der Waals surface area (Å²) in [4.78, 5) is 12.2. The number of aromatic nitrogens is 3. The first-order valence-corrected chi connectivity index (χ1v) is 9.84. The Bertz CT molecular complexity index is 977. The summed E-state index contributed by atoms with van der Waals surface area (Å²) in [5.74, 6) is 0.834. The van der Waals surface area contributed by atoms with Crippen molar-refractivity contribution in [2.45, 2.75) is 32.2 Å². The maximum atomic E-state index is 12.2. The molecular formula is C20H20F2N4O2S. The van der Waals surface area contributed by atoms with Gasteiger partial charge in [0.1, 0.15) is 11.6 Å². The molecule has 0 unspecified atom stereocenters.